The number of halogens is 1. The van der Waals surface area contributed by atoms with Gasteiger partial charge < -0.3 is 9.55 Å². The monoisotopic (exact) mass is 389 g/mol. The van der Waals surface area contributed by atoms with Gasteiger partial charge in [0.15, 0.2) is 5.78 Å². The third kappa shape index (κ3) is 2.76. The first kappa shape index (κ1) is 16.1. The fourth-order valence-electron chi connectivity index (χ4n) is 2.56. The zero-order valence-corrected chi connectivity index (χ0v) is 14.2. The van der Waals surface area contributed by atoms with Gasteiger partial charge in [0.05, 0.1) is 17.0 Å². The van der Waals surface area contributed by atoms with Crippen molar-refractivity contribution in [2.45, 2.75) is 13.5 Å². The van der Waals surface area contributed by atoms with Crippen LogP contribution in [0, 0.1) is 17.0 Å². The van der Waals surface area contributed by atoms with Crippen LogP contribution in [0.2, 0.25) is 0 Å². The molecule has 0 saturated carbocycles. The summed E-state index contributed by atoms with van der Waals surface area (Å²) < 4.78 is 2.02. The summed E-state index contributed by atoms with van der Waals surface area (Å²) in [7, 11) is 0. The van der Waals surface area contributed by atoms with Gasteiger partial charge in [-0.3, -0.25) is 19.7 Å². The number of nitro groups is 1. The maximum Gasteiger partial charge on any atom is 0.279 e. The Morgan fingerprint density at radius 3 is 2.83 bits per heavy atom. The van der Waals surface area contributed by atoms with E-state index in [1.165, 1.54) is 23.8 Å². The van der Waals surface area contributed by atoms with Crippen molar-refractivity contribution < 1.29 is 9.72 Å². The maximum absolute atomic E-state index is 12.6. The van der Waals surface area contributed by atoms with E-state index in [2.05, 4.69) is 20.9 Å². The lowest BCUT2D eigenvalue weighted by Gasteiger charge is -2.06. The summed E-state index contributed by atoms with van der Waals surface area (Å²) in [6, 6.07) is 6.76. The number of carbonyl (C=O) groups excluding carboxylic acids is 1. The number of nitrogens with zero attached hydrogens (tertiary/aromatic N) is 2. The number of carbonyl (C=O) groups is 1. The smallest absolute Gasteiger partial charge is 0.279 e. The van der Waals surface area contributed by atoms with Crippen molar-refractivity contribution in [1.29, 1.82) is 0 Å². The van der Waals surface area contributed by atoms with Crippen molar-refractivity contribution in [2.24, 2.45) is 0 Å². The summed E-state index contributed by atoms with van der Waals surface area (Å²) in [5.41, 5.74) is 0.498. The van der Waals surface area contributed by atoms with Crippen molar-refractivity contribution in [3.8, 4) is 0 Å². The number of H-pyrrole nitrogens is 1. The number of fused-ring (bicyclic) bond motifs is 1. The molecule has 8 heteroatoms. The molecule has 0 spiro atoms. The highest BCUT2D eigenvalue weighted by atomic mass is 79.9. The summed E-state index contributed by atoms with van der Waals surface area (Å²) in [5, 5.41) is 11.6. The van der Waals surface area contributed by atoms with Gasteiger partial charge in [-0.15, -0.1) is 0 Å². The third-order valence-corrected chi connectivity index (χ3v) is 4.33. The van der Waals surface area contributed by atoms with E-state index >= 15 is 0 Å². The number of pyridine rings is 1. The van der Waals surface area contributed by atoms with E-state index < -0.39 is 10.5 Å². The Morgan fingerprint density at radius 1 is 1.38 bits per heavy atom. The summed E-state index contributed by atoms with van der Waals surface area (Å²) in [5.74, 6) is -0.255. The number of benzene rings is 1. The summed E-state index contributed by atoms with van der Waals surface area (Å²) in [4.78, 5) is 38.0. The largest absolute Gasteiger partial charge is 0.360 e. The van der Waals surface area contributed by atoms with E-state index in [0.29, 0.717) is 5.56 Å². The van der Waals surface area contributed by atoms with Gasteiger partial charge in [-0.25, -0.2) is 0 Å². The number of hydrogen-bond acceptors (Lipinski definition) is 4. The second kappa shape index (κ2) is 6.04. The number of hydrogen-bond donors (Lipinski definition) is 1. The lowest BCUT2D eigenvalue weighted by atomic mass is 10.1. The minimum absolute atomic E-state index is 0.0111. The van der Waals surface area contributed by atoms with Gasteiger partial charge >= 0.3 is 0 Å². The Hall–Kier alpha value is -2.74. The number of nitrogens with one attached hydrogen (secondary N) is 1. The van der Waals surface area contributed by atoms with Gasteiger partial charge in [0, 0.05) is 39.4 Å². The summed E-state index contributed by atoms with van der Waals surface area (Å²) in [6.07, 6.45) is 2.87. The molecule has 0 atom stereocenters. The molecule has 2 aromatic heterocycles. The molecule has 2 heterocycles. The van der Waals surface area contributed by atoms with Crippen molar-refractivity contribution in [2.75, 3.05) is 0 Å². The van der Waals surface area contributed by atoms with Crippen LogP contribution in [-0.4, -0.2) is 20.3 Å². The van der Waals surface area contributed by atoms with Crippen LogP contribution in [0.15, 0.2) is 45.9 Å². The molecule has 1 N–H and O–H groups in total. The SMILES string of the molecule is Cc1c([N+](=O)[O-])ccn(CC(=O)c2c[nH]c3ccc(Br)cc23)c1=O. The molecule has 1 aromatic carbocycles. The van der Waals surface area contributed by atoms with Crippen LogP contribution in [0.1, 0.15) is 15.9 Å². The fraction of sp³-hybridized carbons (Fsp3) is 0.125. The molecule has 0 saturated heterocycles. The number of aromatic amines is 1. The van der Waals surface area contributed by atoms with Gasteiger partial charge in [-0.05, 0) is 25.1 Å². The molecule has 0 radical (unpaired) electrons. The number of Topliss-reactive ketones (excluding diaryl/α,β-unsaturated/α-hetero) is 1. The Morgan fingerprint density at radius 2 is 2.12 bits per heavy atom. The second-order valence-electron chi connectivity index (χ2n) is 5.33. The van der Waals surface area contributed by atoms with Crippen molar-refractivity contribution in [1.82, 2.24) is 9.55 Å². The van der Waals surface area contributed by atoms with Crippen LogP contribution in [0.3, 0.4) is 0 Å². The molecule has 24 heavy (non-hydrogen) atoms. The van der Waals surface area contributed by atoms with Crippen LogP contribution < -0.4 is 5.56 Å². The van der Waals surface area contributed by atoms with Gasteiger partial charge in [0.2, 0.25) is 0 Å². The molecule has 0 bridgehead atoms. The lowest BCUT2D eigenvalue weighted by molar-refractivity contribution is -0.385. The van der Waals surface area contributed by atoms with Gasteiger partial charge in [0.1, 0.15) is 0 Å². The van der Waals surface area contributed by atoms with Crippen LogP contribution >= 0.6 is 15.9 Å². The Kier molecular flexibility index (Phi) is 4.06. The molecule has 0 unspecified atom stereocenters. The van der Waals surface area contributed by atoms with Crippen LogP contribution in [-0.2, 0) is 6.54 Å². The molecular weight excluding hydrogens is 378 g/mol. The molecule has 0 fully saturated rings. The number of rotatable bonds is 4. The van der Waals surface area contributed by atoms with E-state index in [1.54, 1.807) is 6.20 Å². The van der Waals surface area contributed by atoms with Crippen molar-refractivity contribution in [3.63, 3.8) is 0 Å². The summed E-state index contributed by atoms with van der Waals surface area (Å²) in [6.45, 7) is 1.20. The first-order chi connectivity index (χ1) is 11.4. The van der Waals surface area contributed by atoms with Gasteiger partial charge in [-0.2, -0.15) is 0 Å². The van der Waals surface area contributed by atoms with Crippen molar-refractivity contribution in [3.05, 3.63) is 72.7 Å². The van der Waals surface area contributed by atoms with Gasteiger partial charge in [0.25, 0.3) is 11.2 Å². The molecule has 0 amide bonds. The van der Waals surface area contributed by atoms with Gasteiger partial charge in [-0.1, -0.05) is 15.9 Å². The predicted molar refractivity (Wildman–Crippen MR) is 92.4 cm³/mol. The minimum atomic E-state index is -0.611. The lowest BCUT2D eigenvalue weighted by Crippen LogP contribution is -2.26. The van der Waals surface area contributed by atoms with E-state index in [4.69, 9.17) is 0 Å². The Bertz CT molecular complexity index is 1040. The molecule has 0 aliphatic carbocycles. The average Bonchev–Trinajstić information content (AvgIpc) is 2.94. The van der Waals surface area contributed by atoms with E-state index in [9.17, 15) is 19.7 Å². The average molecular weight is 390 g/mol. The predicted octanol–water partition coefficient (Wildman–Crippen LogP) is 3.19. The first-order valence-electron chi connectivity index (χ1n) is 7.02. The van der Waals surface area contributed by atoms with E-state index in [0.717, 1.165) is 15.4 Å². The molecular formula is C16H12BrN3O4. The normalized spacial score (nSPS) is 10.9. The van der Waals surface area contributed by atoms with Crippen LogP contribution in [0.25, 0.3) is 10.9 Å². The maximum atomic E-state index is 12.6. The molecule has 3 aromatic rings. The minimum Gasteiger partial charge on any atom is -0.360 e. The highest BCUT2D eigenvalue weighted by Crippen LogP contribution is 2.23. The topological polar surface area (TPSA) is 98.0 Å². The third-order valence-electron chi connectivity index (χ3n) is 3.83. The fourth-order valence-corrected chi connectivity index (χ4v) is 2.93. The van der Waals surface area contributed by atoms with E-state index in [-0.39, 0.29) is 23.6 Å². The second-order valence-corrected chi connectivity index (χ2v) is 6.25. The molecule has 0 aliphatic rings. The quantitative estimate of drug-likeness (QED) is 0.420. The Balaban J connectivity index is 1.98. The van der Waals surface area contributed by atoms with Crippen molar-refractivity contribution >= 4 is 38.3 Å². The zero-order valence-electron chi connectivity index (χ0n) is 12.6. The highest BCUT2D eigenvalue weighted by Gasteiger charge is 2.18. The molecule has 0 aliphatic heterocycles. The standard InChI is InChI=1S/C16H12BrN3O4/c1-9-14(20(23)24)4-5-19(16(9)22)8-15(21)12-7-18-13-3-2-10(17)6-11(12)13/h2-7,18H,8H2,1H3. The molecule has 3 rings (SSSR count). The van der Waals surface area contributed by atoms with E-state index in [1.807, 2.05) is 18.2 Å². The molecule has 122 valence electrons. The van der Waals surface area contributed by atoms with Crippen LogP contribution in [0.4, 0.5) is 5.69 Å². The van der Waals surface area contributed by atoms with Crippen LogP contribution in [0.5, 0.6) is 0 Å². The number of ketones is 1. The highest BCUT2D eigenvalue weighted by molar-refractivity contribution is 9.10. The number of aromatic nitrogens is 2. The molecule has 7 nitrogen and oxygen atoms in total. The first-order valence-corrected chi connectivity index (χ1v) is 7.82. The Labute approximate surface area is 144 Å². The zero-order chi connectivity index (χ0) is 17.4. The summed E-state index contributed by atoms with van der Waals surface area (Å²) >= 11 is 3.37.